The van der Waals surface area contributed by atoms with Crippen LogP contribution in [0.3, 0.4) is 0 Å². The molecule has 0 saturated heterocycles. The molecule has 0 fully saturated rings. The molecule has 0 unspecified atom stereocenters. The summed E-state index contributed by atoms with van der Waals surface area (Å²) in [6.07, 6.45) is -0.312. The van der Waals surface area contributed by atoms with Gasteiger partial charge in [0.1, 0.15) is 6.42 Å². The van der Waals surface area contributed by atoms with Crippen molar-refractivity contribution in [3.63, 3.8) is 0 Å². The average Bonchev–Trinajstić information content (AvgIpc) is 2.21. The fourth-order valence-corrected chi connectivity index (χ4v) is 1.19. The van der Waals surface area contributed by atoms with E-state index in [-0.39, 0.29) is 22.7 Å². The lowest BCUT2D eigenvalue weighted by Gasteiger charge is -2.06. The monoisotopic (exact) mass is 238 g/mol. The molecule has 0 aliphatic heterocycles. The molecule has 82 valence electrons. The van der Waals surface area contributed by atoms with E-state index >= 15 is 0 Å². The minimum Gasteiger partial charge on any atom is -0.478 e. The van der Waals surface area contributed by atoms with Crippen LogP contribution in [0.5, 0.6) is 0 Å². The normalized spacial score (nSPS) is 9.25. The van der Waals surface area contributed by atoms with Crippen molar-refractivity contribution in [3.05, 3.63) is 28.8 Å². The van der Waals surface area contributed by atoms with Gasteiger partial charge < -0.3 is 10.4 Å². The Hall–Kier alpha value is -2.06. The van der Waals surface area contributed by atoms with E-state index in [4.69, 9.17) is 22.0 Å². The molecular formula is C10H7ClN2O3. The van der Waals surface area contributed by atoms with Crippen molar-refractivity contribution in [2.24, 2.45) is 0 Å². The number of halogens is 1. The Morgan fingerprint density at radius 2 is 2.19 bits per heavy atom. The molecule has 1 aromatic rings. The number of rotatable bonds is 3. The van der Waals surface area contributed by atoms with Crippen molar-refractivity contribution >= 4 is 29.2 Å². The molecule has 1 rings (SSSR count). The van der Waals surface area contributed by atoms with E-state index in [9.17, 15) is 9.59 Å². The van der Waals surface area contributed by atoms with Crippen LogP contribution in [-0.4, -0.2) is 17.0 Å². The first-order valence-electron chi connectivity index (χ1n) is 4.24. The van der Waals surface area contributed by atoms with Crippen LogP contribution < -0.4 is 5.32 Å². The highest BCUT2D eigenvalue weighted by molar-refractivity contribution is 6.33. The van der Waals surface area contributed by atoms with E-state index in [2.05, 4.69) is 5.32 Å². The van der Waals surface area contributed by atoms with Gasteiger partial charge in [-0.15, -0.1) is 0 Å². The van der Waals surface area contributed by atoms with Gasteiger partial charge in [0.2, 0.25) is 5.91 Å². The zero-order valence-corrected chi connectivity index (χ0v) is 8.78. The summed E-state index contributed by atoms with van der Waals surface area (Å²) in [5.41, 5.74) is 0.193. The van der Waals surface area contributed by atoms with Crippen molar-refractivity contribution in [3.8, 4) is 6.07 Å². The van der Waals surface area contributed by atoms with Gasteiger partial charge in [0.15, 0.2) is 0 Å². The lowest BCUT2D eigenvalue weighted by atomic mass is 10.2. The molecule has 0 aliphatic carbocycles. The summed E-state index contributed by atoms with van der Waals surface area (Å²) in [4.78, 5) is 21.8. The number of nitrogens with zero attached hydrogens (tertiary/aromatic N) is 1. The zero-order valence-electron chi connectivity index (χ0n) is 8.03. The fraction of sp³-hybridized carbons (Fsp3) is 0.100. The number of nitrogens with one attached hydrogen (secondary N) is 1. The number of carbonyl (C=O) groups is 2. The Kier molecular flexibility index (Phi) is 3.86. The van der Waals surface area contributed by atoms with Crippen LogP contribution in [0.4, 0.5) is 5.69 Å². The van der Waals surface area contributed by atoms with Crippen molar-refractivity contribution < 1.29 is 14.7 Å². The molecule has 0 bridgehead atoms. The van der Waals surface area contributed by atoms with Crippen LogP contribution in [0.2, 0.25) is 5.02 Å². The third-order valence-electron chi connectivity index (χ3n) is 1.73. The number of anilines is 1. The summed E-state index contributed by atoms with van der Waals surface area (Å²) in [6, 6.07) is 5.60. The smallest absolute Gasteiger partial charge is 0.335 e. The second-order valence-electron chi connectivity index (χ2n) is 2.88. The van der Waals surface area contributed by atoms with Gasteiger partial charge in [-0.3, -0.25) is 4.79 Å². The Morgan fingerprint density at radius 1 is 1.50 bits per heavy atom. The lowest BCUT2D eigenvalue weighted by molar-refractivity contribution is -0.115. The molecule has 1 amide bonds. The van der Waals surface area contributed by atoms with Crippen molar-refractivity contribution in [2.45, 2.75) is 6.42 Å². The number of carboxylic acid groups (broad SMARTS) is 1. The maximum atomic E-state index is 11.1. The van der Waals surface area contributed by atoms with Gasteiger partial charge in [0.25, 0.3) is 0 Å². The molecule has 16 heavy (non-hydrogen) atoms. The van der Waals surface area contributed by atoms with Crippen molar-refractivity contribution in [1.29, 1.82) is 5.26 Å². The molecule has 0 radical (unpaired) electrons. The first-order chi connectivity index (χ1) is 7.54. The molecule has 1 aromatic carbocycles. The summed E-state index contributed by atoms with van der Waals surface area (Å²) >= 11 is 5.75. The van der Waals surface area contributed by atoms with Crippen LogP contribution in [0.25, 0.3) is 0 Å². The van der Waals surface area contributed by atoms with Crippen LogP contribution in [0.1, 0.15) is 16.8 Å². The van der Waals surface area contributed by atoms with Gasteiger partial charge in [-0.1, -0.05) is 11.6 Å². The summed E-state index contributed by atoms with van der Waals surface area (Å²) in [5.74, 6) is -1.65. The van der Waals surface area contributed by atoms with Gasteiger partial charge in [-0.25, -0.2) is 4.79 Å². The fourth-order valence-electron chi connectivity index (χ4n) is 1.02. The first-order valence-corrected chi connectivity index (χ1v) is 4.62. The van der Waals surface area contributed by atoms with E-state index in [0.29, 0.717) is 0 Å². The highest BCUT2D eigenvalue weighted by Crippen LogP contribution is 2.23. The van der Waals surface area contributed by atoms with Crippen LogP contribution in [-0.2, 0) is 4.79 Å². The van der Waals surface area contributed by atoms with Crippen molar-refractivity contribution in [1.82, 2.24) is 0 Å². The first kappa shape index (κ1) is 12.0. The standard InChI is InChI=1S/C10H7ClN2O3/c11-7-2-1-6(10(15)16)5-8(7)13-9(14)3-4-12/h1-2,5H,3H2,(H,13,14)(H,15,16). The molecule has 0 heterocycles. The van der Waals surface area contributed by atoms with E-state index in [1.807, 2.05) is 0 Å². The van der Waals surface area contributed by atoms with Gasteiger partial charge in [-0.05, 0) is 18.2 Å². The Balaban J connectivity index is 2.95. The third-order valence-corrected chi connectivity index (χ3v) is 2.06. The average molecular weight is 239 g/mol. The topological polar surface area (TPSA) is 90.2 Å². The van der Waals surface area contributed by atoms with Gasteiger partial charge in [-0.2, -0.15) is 5.26 Å². The SMILES string of the molecule is N#CCC(=O)Nc1cc(C(=O)O)ccc1Cl. The number of nitriles is 1. The second kappa shape index (κ2) is 5.14. The van der Waals surface area contributed by atoms with E-state index in [1.165, 1.54) is 18.2 Å². The second-order valence-corrected chi connectivity index (χ2v) is 3.29. The van der Waals surface area contributed by atoms with Crippen molar-refractivity contribution in [2.75, 3.05) is 5.32 Å². The van der Waals surface area contributed by atoms with Gasteiger partial charge >= 0.3 is 5.97 Å². The van der Waals surface area contributed by atoms with Gasteiger partial charge in [0, 0.05) is 0 Å². The number of carboxylic acids is 1. The number of amides is 1. The molecule has 0 aliphatic rings. The summed E-state index contributed by atoms with van der Waals surface area (Å²) < 4.78 is 0. The number of benzene rings is 1. The number of hydrogen-bond acceptors (Lipinski definition) is 3. The van der Waals surface area contributed by atoms with Crippen LogP contribution >= 0.6 is 11.6 Å². The third kappa shape index (κ3) is 2.97. The summed E-state index contributed by atoms with van der Waals surface area (Å²) in [7, 11) is 0. The minimum atomic E-state index is -1.12. The quantitative estimate of drug-likeness (QED) is 0.841. The molecule has 5 nitrogen and oxygen atoms in total. The molecule has 0 atom stereocenters. The maximum absolute atomic E-state index is 11.1. The highest BCUT2D eigenvalue weighted by Gasteiger charge is 2.09. The Morgan fingerprint density at radius 3 is 2.75 bits per heavy atom. The van der Waals surface area contributed by atoms with E-state index in [1.54, 1.807) is 6.07 Å². The molecule has 0 saturated carbocycles. The van der Waals surface area contributed by atoms with E-state index in [0.717, 1.165) is 0 Å². The Labute approximate surface area is 96.3 Å². The maximum Gasteiger partial charge on any atom is 0.335 e. The van der Waals surface area contributed by atoms with E-state index < -0.39 is 11.9 Å². The van der Waals surface area contributed by atoms with Crippen LogP contribution in [0.15, 0.2) is 18.2 Å². The predicted octanol–water partition coefficient (Wildman–Crippen LogP) is 1.89. The summed E-state index contributed by atoms with van der Waals surface area (Å²) in [6.45, 7) is 0. The lowest BCUT2D eigenvalue weighted by Crippen LogP contribution is -2.11. The minimum absolute atomic E-state index is 0.0108. The number of aromatic carboxylic acids is 1. The summed E-state index contributed by atoms with van der Waals surface area (Å²) in [5, 5.41) is 19.6. The number of hydrogen-bond donors (Lipinski definition) is 2. The zero-order chi connectivity index (χ0) is 12.1. The van der Waals surface area contributed by atoms with Crippen LogP contribution in [0, 0.1) is 11.3 Å². The largest absolute Gasteiger partial charge is 0.478 e. The molecule has 0 aromatic heterocycles. The number of carbonyl (C=O) groups excluding carboxylic acids is 1. The molecule has 0 spiro atoms. The predicted molar refractivity (Wildman–Crippen MR) is 57.3 cm³/mol. The molecule has 2 N–H and O–H groups in total. The molecule has 6 heteroatoms. The Bertz CT molecular complexity index is 479. The highest BCUT2D eigenvalue weighted by atomic mass is 35.5. The van der Waals surface area contributed by atoms with Gasteiger partial charge in [0.05, 0.1) is 22.3 Å². The molecular weight excluding hydrogens is 232 g/mol.